The first-order valence-corrected chi connectivity index (χ1v) is 7.65. The van der Waals surface area contributed by atoms with Crippen molar-refractivity contribution in [1.82, 2.24) is 5.43 Å². The predicted molar refractivity (Wildman–Crippen MR) is 97.2 cm³/mol. The van der Waals surface area contributed by atoms with Gasteiger partial charge in [-0.15, -0.1) is 0 Å². The number of nitrogens with zero attached hydrogens (tertiary/aromatic N) is 1. The predicted octanol–water partition coefficient (Wildman–Crippen LogP) is 2.80. The summed E-state index contributed by atoms with van der Waals surface area (Å²) >= 11 is 0. The van der Waals surface area contributed by atoms with Crippen LogP contribution in [-0.4, -0.2) is 18.8 Å². The minimum Gasteiger partial charge on any atom is -0.489 e. The fourth-order valence-electron chi connectivity index (χ4n) is 2.03. The molecule has 0 spiro atoms. The number of rotatable bonds is 7. The lowest BCUT2D eigenvalue weighted by Gasteiger charge is -2.08. The van der Waals surface area contributed by atoms with Crippen LogP contribution in [0.3, 0.4) is 0 Å². The molecule has 0 atom stereocenters. The molecule has 0 aliphatic heterocycles. The molecule has 130 valence electrons. The Kier molecular flexibility index (Phi) is 6.17. The Morgan fingerprint density at radius 1 is 1.12 bits per heavy atom. The second-order valence-corrected chi connectivity index (χ2v) is 5.34. The van der Waals surface area contributed by atoms with Crippen LogP contribution < -0.4 is 15.9 Å². The summed E-state index contributed by atoms with van der Waals surface area (Å²) in [6, 6.07) is 14.7. The van der Waals surface area contributed by atoms with Gasteiger partial charge in [0.25, 0.3) is 0 Å². The van der Waals surface area contributed by atoms with Crippen LogP contribution in [0.2, 0.25) is 0 Å². The van der Waals surface area contributed by atoms with Crippen molar-refractivity contribution >= 4 is 11.7 Å². The van der Waals surface area contributed by atoms with Crippen molar-refractivity contribution in [1.29, 1.82) is 0 Å². The zero-order valence-corrected chi connectivity index (χ0v) is 14.3. The molecule has 0 saturated carbocycles. The van der Waals surface area contributed by atoms with Crippen LogP contribution in [-0.2, 0) is 11.3 Å². The number of nitrogens with one attached hydrogen (secondary N) is 1. The number of benzene rings is 2. The molecule has 2 aromatic rings. The van der Waals surface area contributed by atoms with Crippen LogP contribution in [0.15, 0.2) is 66.0 Å². The fourth-order valence-corrected chi connectivity index (χ4v) is 2.03. The van der Waals surface area contributed by atoms with Crippen molar-refractivity contribution in [2.24, 2.45) is 10.8 Å². The highest BCUT2D eigenvalue weighted by Crippen LogP contribution is 2.15. The van der Waals surface area contributed by atoms with E-state index < -0.39 is 0 Å². The molecule has 0 amide bonds. The quantitative estimate of drug-likeness (QED) is 0.460. The molecular formula is C19H21N3O3. The number of hydrazone groups is 1. The number of ether oxygens (including phenoxy) is 2. The molecule has 2 aromatic carbocycles. The van der Waals surface area contributed by atoms with E-state index in [1.807, 2.05) is 43.3 Å². The van der Waals surface area contributed by atoms with Crippen LogP contribution in [0.5, 0.6) is 5.75 Å². The number of hydrogen-bond acceptors (Lipinski definition) is 6. The first kappa shape index (κ1) is 18.1. The number of nitrogens with two attached hydrogens (primary N) is 1. The Morgan fingerprint density at radius 2 is 1.72 bits per heavy atom. The summed E-state index contributed by atoms with van der Waals surface area (Å²) in [6.07, 6.45) is 0. The average molecular weight is 339 g/mol. The summed E-state index contributed by atoms with van der Waals surface area (Å²) in [4.78, 5) is 11.4. The van der Waals surface area contributed by atoms with Crippen LogP contribution in [0.4, 0.5) is 0 Å². The van der Waals surface area contributed by atoms with Gasteiger partial charge >= 0.3 is 5.97 Å². The smallest absolute Gasteiger partial charge is 0.337 e. The van der Waals surface area contributed by atoms with Crippen molar-refractivity contribution in [2.45, 2.75) is 13.5 Å². The molecule has 3 N–H and O–H groups in total. The first-order chi connectivity index (χ1) is 12.0. The van der Waals surface area contributed by atoms with E-state index in [0.717, 1.165) is 22.6 Å². The van der Waals surface area contributed by atoms with E-state index in [4.69, 9.17) is 10.5 Å². The van der Waals surface area contributed by atoms with Crippen LogP contribution >= 0.6 is 0 Å². The zero-order valence-electron chi connectivity index (χ0n) is 14.3. The second kappa shape index (κ2) is 8.54. The van der Waals surface area contributed by atoms with Crippen molar-refractivity contribution in [3.05, 3.63) is 77.6 Å². The Bertz CT molecular complexity index is 766. The number of carbonyl (C=O) groups excluding carboxylic acids is 1. The molecule has 0 aromatic heterocycles. The van der Waals surface area contributed by atoms with Gasteiger partial charge in [-0.25, -0.2) is 4.79 Å². The molecular weight excluding hydrogens is 318 g/mol. The second-order valence-electron chi connectivity index (χ2n) is 5.34. The Morgan fingerprint density at radius 3 is 2.28 bits per heavy atom. The Labute approximate surface area is 146 Å². The van der Waals surface area contributed by atoms with Gasteiger partial charge in [0.1, 0.15) is 18.2 Å². The topological polar surface area (TPSA) is 85.9 Å². The van der Waals surface area contributed by atoms with Crippen LogP contribution in [0, 0.1) is 0 Å². The normalized spacial score (nSPS) is 10.9. The van der Waals surface area contributed by atoms with Crippen LogP contribution in [0.25, 0.3) is 0 Å². The molecule has 0 aliphatic rings. The molecule has 6 heteroatoms. The van der Waals surface area contributed by atoms with Gasteiger partial charge in [0.05, 0.1) is 18.4 Å². The largest absolute Gasteiger partial charge is 0.489 e. The summed E-state index contributed by atoms with van der Waals surface area (Å²) in [7, 11) is 1.36. The number of methoxy groups -OCH3 is 1. The maximum absolute atomic E-state index is 11.4. The summed E-state index contributed by atoms with van der Waals surface area (Å²) in [5.74, 6) is 0.676. The van der Waals surface area contributed by atoms with Gasteiger partial charge in [0, 0.05) is 0 Å². The summed E-state index contributed by atoms with van der Waals surface area (Å²) in [5, 5.41) is 4.11. The molecule has 0 saturated heterocycles. The molecule has 25 heavy (non-hydrogen) atoms. The lowest BCUT2D eigenvalue weighted by molar-refractivity contribution is 0.0600. The van der Waals surface area contributed by atoms with Gasteiger partial charge in [-0.1, -0.05) is 18.7 Å². The van der Waals surface area contributed by atoms with E-state index in [1.165, 1.54) is 7.11 Å². The molecule has 0 aliphatic carbocycles. The lowest BCUT2D eigenvalue weighted by Crippen LogP contribution is -2.14. The van der Waals surface area contributed by atoms with Crippen molar-refractivity contribution in [2.75, 3.05) is 7.11 Å². The maximum Gasteiger partial charge on any atom is 0.337 e. The third-order valence-corrected chi connectivity index (χ3v) is 3.42. The van der Waals surface area contributed by atoms with Gasteiger partial charge in [-0.2, -0.15) is 5.10 Å². The van der Waals surface area contributed by atoms with E-state index in [2.05, 4.69) is 21.8 Å². The fraction of sp³-hybridized carbons (Fsp3) is 0.158. The number of hydrogen-bond donors (Lipinski definition) is 2. The molecule has 0 heterocycles. The van der Waals surface area contributed by atoms with E-state index >= 15 is 0 Å². The minimum absolute atomic E-state index is 0.289. The van der Waals surface area contributed by atoms with Gasteiger partial charge in [-0.05, 0) is 54.4 Å². The highest BCUT2D eigenvalue weighted by atomic mass is 16.5. The Hall–Kier alpha value is -3.28. The first-order valence-electron chi connectivity index (χ1n) is 7.65. The summed E-state index contributed by atoms with van der Waals surface area (Å²) in [6.45, 7) is 5.80. The molecule has 0 fully saturated rings. The van der Waals surface area contributed by atoms with E-state index in [1.54, 1.807) is 12.1 Å². The SMILES string of the molecule is C=C(N)N/N=C(\C)c1ccc(OCc2ccc(C(=O)OC)cc2)cc1. The summed E-state index contributed by atoms with van der Waals surface area (Å²) < 4.78 is 10.4. The molecule has 0 unspecified atom stereocenters. The number of esters is 1. The van der Waals surface area contributed by atoms with Gasteiger partial charge in [0.2, 0.25) is 0 Å². The van der Waals surface area contributed by atoms with E-state index in [-0.39, 0.29) is 11.8 Å². The lowest BCUT2D eigenvalue weighted by atomic mass is 10.1. The molecule has 0 radical (unpaired) electrons. The monoisotopic (exact) mass is 339 g/mol. The van der Waals surface area contributed by atoms with Crippen LogP contribution in [0.1, 0.15) is 28.4 Å². The van der Waals surface area contributed by atoms with Gasteiger partial charge < -0.3 is 15.2 Å². The van der Waals surface area contributed by atoms with Crippen molar-refractivity contribution in [3.63, 3.8) is 0 Å². The zero-order chi connectivity index (χ0) is 18.2. The Balaban J connectivity index is 1.94. The molecule has 0 bridgehead atoms. The number of carbonyl (C=O) groups is 1. The van der Waals surface area contributed by atoms with Gasteiger partial charge in [0.15, 0.2) is 0 Å². The third-order valence-electron chi connectivity index (χ3n) is 3.42. The van der Waals surface area contributed by atoms with Crippen molar-refractivity contribution < 1.29 is 14.3 Å². The standard InChI is InChI=1S/C19H21N3O3/c1-13(21-22-14(2)20)16-8-10-18(11-9-16)25-12-15-4-6-17(7-5-15)19(23)24-3/h4-11,22H,2,12,20H2,1,3H3/b21-13+. The average Bonchev–Trinajstić information content (AvgIpc) is 2.64. The molecule has 6 nitrogen and oxygen atoms in total. The molecule has 2 rings (SSSR count). The summed E-state index contributed by atoms with van der Waals surface area (Å²) in [5.41, 5.74) is 11.2. The third kappa shape index (κ3) is 5.39. The maximum atomic E-state index is 11.4. The highest BCUT2D eigenvalue weighted by Gasteiger charge is 2.05. The van der Waals surface area contributed by atoms with E-state index in [9.17, 15) is 4.79 Å². The van der Waals surface area contributed by atoms with Gasteiger partial charge in [-0.3, -0.25) is 5.43 Å². The highest BCUT2D eigenvalue weighted by molar-refractivity contribution is 5.98. The van der Waals surface area contributed by atoms with E-state index in [0.29, 0.717) is 12.2 Å². The minimum atomic E-state index is -0.354. The van der Waals surface area contributed by atoms with Crippen molar-refractivity contribution in [3.8, 4) is 5.75 Å².